The van der Waals surface area contributed by atoms with E-state index in [0.29, 0.717) is 16.5 Å². The van der Waals surface area contributed by atoms with Gasteiger partial charge in [0.1, 0.15) is 0 Å². The highest BCUT2D eigenvalue weighted by molar-refractivity contribution is 8.07. The predicted octanol–water partition coefficient (Wildman–Crippen LogP) is 1.36. The van der Waals surface area contributed by atoms with E-state index in [4.69, 9.17) is 0 Å². The lowest BCUT2D eigenvalue weighted by Crippen LogP contribution is -2.44. The predicted molar refractivity (Wildman–Crippen MR) is 82.7 cm³/mol. The maximum atomic E-state index is 4.30. The summed E-state index contributed by atoms with van der Waals surface area (Å²) in [6.45, 7) is 7.80. The van der Waals surface area contributed by atoms with Crippen LogP contribution < -0.4 is 5.32 Å². The van der Waals surface area contributed by atoms with Crippen molar-refractivity contribution >= 4 is 23.5 Å². The lowest BCUT2D eigenvalue weighted by Gasteiger charge is -2.35. The first kappa shape index (κ1) is 15.1. The number of aromatic nitrogens is 4. The smallest absolute Gasteiger partial charge is 0.176 e. The van der Waals surface area contributed by atoms with E-state index in [1.54, 1.807) is 0 Å². The summed E-state index contributed by atoms with van der Waals surface area (Å²) in [5.74, 6) is 2.04. The monoisotopic (exact) mass is 301 g/mol. The first-order chi connectivity index (χ1) is 9.10. The minimum atomic E-state index is 0.432. The summed E-state index contributed by atoms with van der Waals surface area (Å²) in [5, 5.41) is 18.0. The SMILES string of the molecule is CCNC(Cc1nnn(C)n1)C1CSC(C)C(C)S1. The van der Waals surface area contributed by atoms with Gasteiger partial charge in [0.25, 0.3) is 0 Å². The molecule has 7 heteroatoms. The van der Waals surface area contributed by atoms with Crippen molar-refractivity contribution < 1.29 is 0 Å². The highest BCUT2D eigenvalue weighted by Crippen LogP contribution is 2.37. The van der Waals surface area contributed by atoms with Gasteiger partial charge in [0, 0.05) is 34.0 Å². The minimum absolute atomic E-state index is 0.432. The van der Waals surface area contributed by atoms with E-state index in [-0.39, 0.29) is 0 Å². The van der Waals surface area contributed by atoms with Gasteiger partial charge in [-0.1, -0.05) is 20.8 Å². The van der Waals surface area contributed by atoms with Crippen LogP contribution in [0.2, 0.25) is 0 Å². The van der Waals surface area contributed by atoms with Crippen LogP contribution in [-0.2, 0) is 13.5 Å². The third-order valence-electron chi connectivity index (χ3n) is 3.44. The van der Waals surface area contributed by atoms with E-state index in [2.05, 4.69) is 65.0 Å². The molecule has 4 unspecified atom stereocenters. The average molecular weight is 301 g/mol. The van der Waals surface area contributed by atoms with Crippen LogP contribution in [0.3, 0.4) is 0 Å². The molecule has 0 spiro atoms. The molecule has 0 bridgehead atoms. The number of hydrogen-bond donors (Lipinski definition) is 1. The quantitative estimate of drug-likeness (QED) is 0.886. The van der Waals surface area contributed by atoms with Crippen molar-refractivity contribution in [3.05, 3.63) is 5.82 Å². The van der Waals surface area contributed by atoms with Gasteiger partial charge in [0.2, 0.25) is 0 Å². The Bertz CT molecular complexity index is 397. The van der Waals surface area contributed by atoms with Crippen LogP contribution in [-0.4, -0.2) is 54.3 Å². The lowest BCUT2D eigenvalue weighted by atomic mass is 10.1. The maximum absolute atomic E-state index is 4.30. The number of rotatable bonds is 5. The molecule has 1 fully saturated rings. The van der Waals surface area contributed by atoms with Gasteiger partial charge < -0.3 is 5.32 Å². The summed E-state index contributed by atoms with van der Waals surface area (Å²) in [4.78, 5) is 1.53. The van der Waals surface area contributed by atoms with Crippen molar-refractivity contribution in [3.63, 3.8) is 0 Å². The van der Waals surface area contributed by atoms with Crippen LogP contribution in [0.25, 0.3) is 0 Å². The molecule has 108 valence electrons. The fraction of sp³-hybridized carbons (Fsp3) is 0.917. The molecule has 0 saturated carbocycles. The van der Waals surface area contributed by atoms with Crippen molar-refractivity contribution in [1.82, 2.24) is 25.5 Å². The minimum Gasteiger partial charge on any atom is -0.313 e. The Morgan fingerprint density at radius 2 is 2.21 bits per heavy atom. The molecule has 0 radical (unpaired) electrons. The summed E-state index contributed by atoms with van der Waals surface area (Å²) in [6, 6.07) is 0.432. The van der Waals surface area contributed by atoms with Crippen LogP contribution in [0.1, 0.15) is 26.6 Å². The van der Waals surface area contributed by atoms with Gasteiger partial charge in [0.05, 0.1) is 7.05 Å². The van der Waals surface area contributed by atoms with Crippen LogP contribution in [0.4, 0.5) is 0 Å². The molecule has 1 saturated heterocycles. The molecule has 2 heterocycles. The molecule has 19 heavy (non-hydrogen) atoms. The fourth-order valence-corrected chi connectivity index (χ4v) is 5.35. The van der Waals surface area contributed by atoms with E-state index in [0.717, 1.165) is 24.0 Å². The Morgan fingerprint density at radius 3 is 2.79 bits per heavy atom. The Hall–Kier alpha value is -0.270. The largest absolute Gasteiger partial charge is 0.313 e. The zero-order valence-electron chi connectivity index (χ0n) is 12.0. The van der Waals surface area contributed by atoms with E-state index in [1.807, 2.05) is 7.05 Å². The molecule has 4 atom stereocenters. The molecule has 5 nitrogen and oxygen atoms in total. The normalized spacial score (nSPS) is 29.4. The Labute approximate surface area is 123 Å². The second kappa shape index (κ2) is 6.95. The topological polar surface area (TPSA) is 55.6 Å². The number of tetrazole rings is 1. The highest BCUT2D eigenvalue weighted by Gasteiger charge is 2.31. The van der Waals surface area contributed by atoms with Gasteiger partial charge in [-0.25, -0.2) is 0 Å². The summed E-state index contributed by atoms with van der Waals surface area (Å²) in [6.07, 6.45) is 0.862. The third kappa shape index (κ3) is 4.10. The Kier molecular flexibility index (Phi) is 5.53. The van der Waals surface area contributed by atoms with Crippen molar-refractivity contribution in [3.8, 4) is 0 Å². The van der Waals surface area contributed by atoms with Crippen LogP contribution in [0.15, 0.2) is 0 Å². The molecule has 1 aromatic rings. The van der Waals surface area contributed by atoms with Crippen molar-refractivity contribution in [2.75, 3.05) is 12.3 Å². The zero-order chi connectivity index (χ0) is 13.8. The number of nitrogens with one attached hydrogen (secondary N) is 1. The van der Waals surface area contributed by atoms with E-state index in [9.17, 15) is 0 Å². The fourth-order valence-electron chi connectivity index (χ4n) is 2.22. The molecular formula is C12H23N5S2. The van der Waals surface area contributed by atoms with Crippen molar-refractivity contribution in [2.24, 2.45) is 7.05 Å². The van der Waals surface area contributed by atoms with Gasteiger partial charge in [0.15, 0.2) is 5.82 Å². The third-order valence-corrected chi connectivity index (χ3v) is 6.99. The van der Waals surface area contributed by atoms with Crippen LogP contribution in [0, 0.1) is 0 Å². The van der Waals surface area contributed by atoms with Crippen LogP contribution >= 0.6 is 23.5 Å². The molecule has 0 amide bonds. The maximum Gasteiger partial charge on any atom is 0.176 e. The first-order valence-electron chi connectivity index (χ1n) is 6.83. The number of likely N-dealkylation sites (N-methyl/N-ethyl adjacent to an activating group) is 1. The number of aryl methyl sites for hydroxylation is 1. The van der Waals surface area contributed by atoms with Gasteiger partial charge in [-0.15, -0.1) is 10.2 Å². The second-order valence-electron chi connectivity index (χ2n) is 4.98. The van der Waals surface area contributed by atoms with E-state index < -0.39 is 0 Å². The van der Waals surface area contributed by atoms with Crippen molar-refractivity contribution in [1.29, 1.82) is 0 Å². The van der Waals surface area contributed by atoms with Gasteiger partial charge in [-0.05, 0) is 11.8 Å². The lowest BCUT2D eigenvalue weighted by molar-refractivity contribution is 0.508. The van der Waals surface area contributed by atoms with Gasteiger partial charge >= 0.3 is 0 Å². The molecule has 1 aliphatic heterocycles. The summed E-state index contributed by atoms with van der Waals surface area (Å²) in [5.41, 5.74) is 0. The molecule has 0 aromatic carbocycles. The Balaban J connectivity index is 1.99. The molecular weight excluding hydrogens is 278 g/mol. The number of nitrogens with zero attached hydrogens (tertiary/aromatic N) is 4. The molecule has 2 rings (SSSR count). The molecule has 1 aromatic heterocycles. The highest BCUT2D eigenvalue weighted by atomic mass is 32.2. The van der Waals surface area contributed by atoms with E-state index in [1.165, 1.54) is 10.5 Å². The number of thioether (sulfide) groups is 2. The number of hydrogen-bond acceptors (Lipinski definition) is 6. The first-order valence-corrected chi connectivity index (χ1v) is 8.82. The van der Waals surface area contributed by atoms with Gasteiger partial charge in [-0.2, -0.15) is 28.3 Å². The molecule has 0 aliphatic carbocycles. The van der Waals surface area contributed by atoms with Gasteiger partial charge in [-0.3, -0.25) is 0 Å². The second-order valence-corrected chi connectivity index (χ2v) is 8.01. The summed E-state index contributed by atoms with van der Waals surface area (Å²) in [7, 11) is 1.81. The molecule has 1 aliphatic rings. The standard InChI is InChI=1S/C12H23N5S2/c1-5-13-10(6-12-14-16-17(4)15-12)11-7-18-8(2)9(3)19-11/h8-11,13H,5-7H2,1-4H3. The molecule has 1 N–H and O–H groups in total. The van der Waals surface area contributed by atoms with E-state index >= 15 is 0 Å². The summed E-state index contributed by atoms with van der Waals surface area (Å²) < 4.78 is 0. The van der Waals surface area contributed by atoms with Crippen molar-refractivity contribution in [2.45, 2.75) is 49.0 Å². The average Bonchev–Trinajstić information content (AvgIpc) is 2.78. The zero-order valence-corrected chi connectivity index (χ0v) is 13.7. The summed E-state index contributed by atoms with van der Waals surface area (Å²) >= 11 is 4.18. The Morgan fingerprint density at radius 1 is 1.42 bits per heavy atom. The van der Waals surface area contributed by atoms with Crippen LogP contribution in [0.5, 0.6) is 0 Å².